The van der Waals surface area contributed by atoms with Gasteiger partial charge in [-0.3, -0.25) is 4.40 Å². The first-order chi connectivity index (χ1) is 12.6. The van der Waals surface area contributed by atoms with Crippen molar-refractivity contribution in [2.45, 2.75) is 46.0 Å². The van der Waals surface area contributed by atoms with Crippen LogP contribution in [-0.4, -0.2) is 22.5 Å². The van der Waals surface area contributed by atoms with E-state index >= 15 is 0 Å². The maximum Gasteiger partial charge on any atom is 0.157 e. The summed E-state index contributed by atoms with van der Waals surface area (Å²) in [6.45, 7) is 6.90. The van der Waals surface area contributed by atoms with E-state index in [0.29, 0.717) is 0 Å². The lowest BCUT2D eigenvalue weighted by molar-refractivity contribution is 0.315. The first-order valence-corrected chi connectivity index (χ1v) is 9.69. The van der Waals surface area contributed by atoms with E-state index in [9.17, 15) is 5.26 Å². The zero-order valence-electron chi connectivity index (χ0n) is 15.5. The fourth-order valence-corrected chi connectivity index (χ4v) is 4.83. The molecule has 0 spiro atoms. The standard InChI is InChI=1S/C22H24N4/c1-22(2)10-9-15-16(13-22)21(25-11-5-6-12-25)26-19-8-4-3-7-18(19)24-20(26)17(15)14-23/h3-4,7-8H,5-6,9-13H2,1-2H3. The first kappa shape index (κ1) is 15.7. The normalized spacial score (nSPS) is 19.0. The molecular formula is C22H24N4. The number of imidazole rings is 1. The molecule has 0 atom stereocenters. The summed E-state index contributed by atoms with van der Waals surface area (Å²) in [4.78, 5) is 7.41. The summed E-state index contributed by atoms with van der Waals surface area (Å²) in [7, 11) is 0. The van der Waals surface area contributed by atoms with Crippen molar-refractivity contribution >= 4 is 22.5 Å². The molecule has 5 rings (SSSR count). The van der Waals surface area contributed by atoms with Crippen LogP contribution in [0, 0.1) is 16.7 Å². The molecule has 0 saturated carbocycles. The summed E-state index contributed by atoms with van der Waals surface area (Å²) in [5.74, 6) is 1.30. The van der Waals surface area contributed by atoms with Crippen LogP contribution in [0.3, 0.4) is 0 Å². The molecule has 4 heteroatoms. The Morgan fingerprint density at radius 1 is 1.12 bits per heavy atom. The molecule has 0 unspecified atom stereocenters. The zero-order valence-corrected chi connectivity index (χ0v) is 15.5. The van der Waals surface area contributed by atoms with Crippen LogP contribution in [0.25, 0.3) is 16.7 Å². The number of anilines is 1. The van der Waals surface area contributed by atoms with Gasteiger partial charge < -0.3 is 4.90 Å². The molecule has 1 aliphatic carbocycles. The highest BCUT2D eigenvalue weighted by Crippen LogP contribution is 2.43. The van der Waals surface area contributed by atoms with Crippen LogP contribution >= 0.6 is 0 Å². The third kappa shape index (κ3) is 2.16. The first-order valence-electron chi connectivity index (χ1n) is 9.69. The fourth-order valence-electron chi connectivity index (χ4n) is 4.83. The van der Waals surface area contributed by atoms with Crippen molar-refractivity contribution in [3.05, 3.63) is 41.0 Å². The molecule has 1 saturated heterocycles. The predicted molar refractivity (Wildman–Crippen MR) is 105 cm³/mol. The van der Waals surface area contributed by atoms with Crippen molar-refractivity contribution in [1.82, 2.24) is 9.38 Å². The lowest BCUT2D eigenvalue weighted by atomic mass is 9.73. The summed E-state index contributed by atoms with van der Waals surface area (Å²) in [6, 6.07) is 10.8. The highest BCUT2D eigenvalue weighted by molar-refractivity contribution is 5.86. The van der Waals surface area contributed by atoms with Crippen molar-refractivity contribution in [3.8, 4) is 6.07 Å². The van der Waals surface area contributed by atoms with Gasteiger partial charge in [0.1, 0.15) is 11.9 Å². The molecule has 1 aliphatic heterocycles. The minimum atomic E-state index is 0.276. The fraction of sp³-hybridized carbons (Fsp3) is 0.455. The monoisotopic (exact) mass is 344 g/mol. The zero-order chi connectivity index (χ0) is 17.9. The molecule has 1 aromatic carbocycles. The molecule has 0 amide bonds. The van der Waals surface area contributed by atoms with Gasteiger partial charge >= 0.3 is 0 Å². The van der Waals surface area contributed by atoms with Gasteiger partial charge in [0, 0.05) is 13.1 Å². The van der Waals surface area contributed by atoms with Gasteiger partial charge in [0.05, 0.1) is 16.6 Å². The minimum absolute atomic E-state index is 0.276. The Balaban J connectivity index is 1.95. The van der Waals surface area contributed by atoms with Crippen molar-refractivity contribution in [2.75, 3.05) is 18.0 Å². The molecule has 4 nitrogen and oxygen atoms in total. The quantitative estimate of drug-likeness (QED) is 0.654. The van der Waals surface area contributed by atoms with Crippen molar-refractivity contribution in [2.24, 2.45) is 5.41 Å². The van der Waals surface area contributed by atoms with Gasteiger partial charge in [0.25, 0.3) is 0 Å². The average Bonchev–Trinajstić information content (AvgIpc) is 3.27. The molecule has 3 heterocycles. The van der Waals surface area contributed by atoms with Gasteiger partial charge in [-0.2, -0.15) is 5.26 Å². The molecule has 0 radical (unpaired) electrons. The van der Waals surface area contributed by atoms with Crippen LogP contribution in [0.2, 0.25) is 0 Å². The number of hydrogen-bond acceptors (Lipinski definition) is 3. The number of para-hydroxylation sites is 2. The number of nitrogens with zero attached hydrogens (tertiary/aromatic N) is 4. The van der Waals surface area contributed by atoms with Crippen LogP contribution < -0.4 is 4.90 Å². The number of aromatic nitrogens is 2. The Morgan fingerprint density at radius 3 is 2.65 bits per heavy atom. The minimum Gasteiger partial charge on any atom is -0.357 e. The summed E-state index contributed by atoms with van der Waals surface area (Å²) >= 11 is 0. The number of rotatable bonds is 1. The van der Waals surface area contributed by atoms with Gasteiger partial charge in [-0.25, -0.2) is 4.98 Å². The second-order valence-corrected chi connectivity index (χ2v) is 8.56. The third-order valence-electron chi connectivity index (χ3n) is 6.16. The Morgan fingerprint density at radius 2 is 1.88 bits per heavy atom. The number of pyridine rings is 1. The highest BCUT2D eigenvalue weighted by atomic mass is 15.2. The summed E-state index contributed by atoms with van der Waals surface area (Å²) in [5, 5.41) is 9.99. The Bertz CT molecular complexity index is 1060. The summed E-state index contributed by atoms with van der Waals surface area (Å²) < 4.78 is 2.28. The number of fused-ring (bicyclic) bond motifs is 4. The van der Waals surface area contributed by atoms with Gasteiger partial charge in [-0.05, 0) is 60.8 Å². The molecule has 1 fully saturated rings. The Hall–Kier alpha value is -2.54. The van der Waals surface area contributed by atoms with Crippen LogP contribution in [0.1, 0.15) is 49.8 Å². The van der Waals surface area contributed by atoms with E-state index in [0.717, 1.165) is 54.6 Å². The van der Waals surface area contributed by atoms with Gasteiger partial charge in [-0.15, -0.1) is 0 Å². The van der Waals surface area contributed by atoms with Crippen LogP contribution in [0.15, 0.2) is 24.3 Å². The average molecular weight is 344 g/mol. The molecule has 3 aromatic rings. The van der Waals surface area contributed by atoms with Crippen molar-refractivity contribution < 1.29 is 0 Å². The summed E-state index contributed by atoms with van der Waals surface area (Å²) in [6.07, 6.45) is 5.63. The summed E-state index contributed by atoms with van der Waals surface area (Å²) in [5.41, 5.74) is 6.63. The Labute approximate surface area is 154 Å². The molecule has 2 aromatic heterocycles. The lowest BCUT2D eigenvalue weighted by Gasteiger charge is -2.35. The number of hydrogen-bond donors (Lipinski definition) is 0. The van der Waals surface area contributed by atoms with E-state index in [-0.39, 0.29) is 5.41 Å². The Kier molecular flexibility index (Phi) is 3.31. The predicted octanol–water partition coefficient (Wildman–Crippen LogP) is 4.47. The van der Waals surface area contributed by atoms with E-state index in [4.69, 9.17) is 4.98 Å². The topological polar surface area (TPSA) is 44.3 Å². The maximum absolute atomic E-state index is 9.99. The van der Waals surface area contributed by atoms with Gasteiger partial charge in [0.15, 0.2) is 5.65 Å². The SMILES string of the molecule is CC1(C)CCc2c(c(N3CCCC3)n3c(nc4ccccc43)c2C#N)C1. The van der Waals surface area contributed by atoms with E-state index in [2.05, 4.69) is 47.4 Å². The second kappa shape index (κ2) is 5.48. The smallest absolute Gasteiger partial charge is 0.157 e. The van der Waals surface area contributed by atoms with Gasteiger partial charge in [0.2, 0.25) is 0 Å². The number of nitriles is 1. The number of benzene rings is 1. The molecule has 0 bridgehead atoms. The van der Waals surface area contributed by atoms with E-state index < -0.39 is 0 Å². The van der Waals surface area contributed by atoms with E-state index in [1.807, 2.05) is 6.07 Å². The molecule has 26 heavy (non-hydrogen) atoms. The van der Waals surface area contributed by atoms with Gasteiger partial charge in [-0.1, -0.05) is 26.0 Å². The molecule has 132 valence electrons. The second-order valence-electron chi connectivity index (χ2n) is 8.56. The van der Waals surface area contributed by atoms with E-state index in [1.165, 1.54) is 29.8 Å². The lowest BCUT2D eigenvalue weighted by Crippen LogP contribution is -2.29. The van der Waals surface area contributed by atoms with Crippen LogP contribution in [0.5, 0.6) is 0 Å². The van der Waals surface area contributed by atoms with Crippen LogP contribution in [0.4, 0.5) is 5.82 Å². The molecule has 2 aliphatic rings. The third-order valence-corrected chi connectivity index (χ3v) is 6.16. The highest BCUT2D eigenvalue weighted by Gasteiger charge is 2.34. The van der Waals surface area contributed by atoms with Crippen molar-refractivity contribution in [1.29, 1.82) is 5.26 Å². The van der Waals surface area contributed by atoms with Crippen LogP contribution in [-0.2, 0) is 12.8 Å². The van der Waals surface area contributed by atoms with Crippen molar-refractivity contribution in [3.63, 3.8) is 0 Å². The maximum atomic E-state index is 9.99. The molecule has 0 N–H and O–H groups in total. The largest absolute Gasteiger partial charge is 0.357 e. The van der Waals surface area contributed by atoms with E-state index in [1.54, 1.807) is 0 Å². The molecular weight excluding hydrogens is 320 g/mol.